The predicted octanol–water partition coefficient (Wildman–Crippen LogP) is 3.55. The molecule has 0 aromatic rings. The quantitative estimate of drug-likeness (QED) is 0.507. The van der Waals surface area contributed by atoms with E-state index in [4.69, 9.17) is 10.6 Å². The van der Waals surface area contributed by atoms with Gasteiger partial charge >= 0.3 is 5.97 Å². The van der Waals surface area contributed by atoms with Crippen LogP contribution in [-0.2, 0) is 11.2 Å². The minimum absolute atomic E-state index is 0.146. The number of hydrogen-bond acceptors (Lipinski definition) is 3. The predicted molar refractivity (Wildman–Crippen MR) is 69.8 cm³/mol. The Kier molecular flexibility index (Phi) is 3.82. The van der Waals surface area contributed by atoms with Crippen molar-refractivity contribution in [3.05, 3.63) is 45.0 Å². The Hall–Kier alpha value is -2.04. The molecule has 1 atom stereocenters. The average molecular weight is 261 g/mol. The van der Waals surface area contributed by atoms with Gasteiger partial charge in [0.1, 0.15) is 0 Å². The van der Waals surface area contributed by atoms with Crippen LogP contribution in [0.1, 0.15) is 12.0 Å². The maximum absolute atomic E-state index is 10.7. The fourth-order valence-electron chi connectivity index (χ4n) is 1.92. The molecule has 0 aromatic heterocycles. The molecule has 0 saturated carbocycles. The van der Waals surface area contributed by atoms with Crippen molar-refractivity contribution < 1.29 is 9.90 Å². The standard InChI is InChI=1S/C12H11N3O2S/c13-15-14-10(6-12(16)17)5-9-2-1-8-3-4-18-7-11(8)9/h1-4,7,10H,5-6H2,(H,16,17)/t10-/m1/s1. The minimum atomic E-state index is -0.953. The van der Waals surface area contributed by atoms with Crippen LogP contribution in [0.2, 0.25) is 0 Å². The molecule has 0 spiro atoms. The highest BCUT2D eigenvalue weighted by molar-refractivity contribution is 7.07. The monoisotopic (exact) mass is 261 g/mol. The van der Waals surface area contributed by atoms with Crippen LogP contribution in [0, 0.1) is 0 Å². The van der Waals surface area contributed by atoms with Crippen LogP contribution < -0.4 is 0 Å². The Balaban J connectivity index is 2.21. The van der Waals surface area contributed by atoms with Crippen molar-refractivity contribution in [1.29, 1.82) is 0 Å². The first kappa shape index (κ1) is 12.4. The summed E-state index contributed by atoms with van der Waals surface area (Å²) < 4.78 is 0. The highest BCUT2D eigenvalue weighted by Gasteiger charge is 2.16. The first-order valence-electron chi connectivity index (χ1n) is 5.40. The largest absolute Gasteiger partial charge is 0.481 e. The van der Waals surface area contributed by atoms with Crippen LogP contribution >= 0.6 is 11.3 Å². The van der Waals surface area contributed by atoms with E-state index < -0.39 is 12.0 Å². The summed E-state index contributed by atoms with van der Waals surface area (Å²) in [7, 11) is 0. The lowest BCUT2D eigenvalue weighted by Gasteiger charge is -2.09. The Morgan fingerprint density at radius 3 is 3.06 bits per heavy atom. The molecule has 1 aliphatic carbocycles. The fourth-order valence-corrected chi connectivity index (χ4v) is 2.65. The molecule has 1 aliphatic heterocycles. The van der Waals surface area contributed by atoms with Gasteiger partial charge in [-0.3, -0.25) is 4.79 Å². The van der Waals surface area contributed by atoms with Gasteiger partial charge in [-0.15, -0.1) is 0 Å². The lowest BCUT2D eigenvalue weighted by molar-refractivity contribution is -0.137. The zero-order valence-electron chi connectivity index (χ0n) is 9.48. The number of rotatable bonds is 5. The summed E-state index contributed by atoms with van der Waals surface area (Å²) in [6.45, 7) is 0. The first-order valence-corrected chi connectivity index (χ1v) is 6.35. The molecule has 2 rings (SSSR count). The number of azide groups is 1. The summed E-state index contributed by atoms with van der Waals surface area (Å²) in [5.41, 5.74) is 11.7. The molecule has 5 nitrogen and oxygen atoms in total. The first-order chi connectivity index (χ1) is 8.70. The molecule has 1 heterocycles. The second-order valence-electron chi connectivity index (χ2n) is 3.94. The maximum atomic E-state index is 10.7. The molecule has 0 unspecified atom stereocenters. The zero-order chi connectivity index (χ0) is 13.0. The second kappa shape index (κ2) is 5.53. The molecule has 1 N–H and O–H groups in total. The van der Waals surface area contributed by atoms with E-state index in [-0.39, 0.29) is 6.42 Å². The molecule has 2 aliphatic rings. The van der Waals surface area contributed by atoms with Crippen molar-refractivity contribution in [3.8, 4) is 11.1 Å². The van der Waals surface area contributed by atoms with Gasteiger partial charge in [-0.05, 0) is 45.5 Å². The Bertz CT molecular complexity index is 575. The third kappa shape index (κ3) is 2.80. The summed E-state index contributed by atoms with van der Waals surface area (Å²) in [6.07, 6.45) is 0.309. The summed E-state index contributed by atoms with van der Waals surface area (Å²) in [4.78, 5) is 13.4. The number of aliphatic carboxylic acids is 1. The molecule has 18 heavy (non-hydrogen) atoms. The van der Waals surface area contributed by atoms with Crippen molar-refractivity contribution in [3.63, 3.8) is 0 Å². The van der Waals surface area contributed by atoms with Crippen molar-refractivity contribution in [2.24, 2.45) is 5.11 Å². The Labute approximate surface area is 108 Å². The lowest BCUT2D eigenvalue weighted by atomic mass is 10.0. The molecular formula is C12H11N3O2S. The third-order valence-electron chi connectivity index (χ3n) is 2.71. The molecule has 0 bridgehead atoms. The normalized spacial score (nSPS) is 12.0. The van der Waals surface area contributed by atoms with Crippen LogP contribution in [-0.4, -0.2) is 17.1 Å². The van der Waals surface area contributed by atoms with Crippen molar-refractivity contribution in [2.45, 2.75) is 18.9 Å². The van der Waals surface area contributed by atoms with Gasteiger partial charge in [0.2, 0.25) is 0 Å². The number of carboxylic acids is 1. The number of carboxylic acid groups (broad SMARTS) is 1. The van der Waals surface area contributed by atoms with E-state index in [1.807, 2.05) is 29.0 Å². The third-order valence-corrected chi connectivity index (χ3v) is 3.38. The van der Waals surface area contributed by atoms with Crippen LogP contribution in [0.4, 0.5) is 0 Å². The van der Waals surface area contributed by atoms with Crippen LogP contribution in [0.15, 0.2) is 34.1 Å². The van der Waals surface area contributed by atoms with E-state index in [9.17, 15) is 4.79 Å². The van der Waals surface area contributed by atoms with Gasteiger partial charge in [-0.25, -0.2) is 0 Å². The number of nitrogens with zero attached hydrogens (tertiary/aromatic N) is 3. The fraction of sp³-hybridized carbons (Fsp3) is 0.250. The van der Waals surface area contributed by atoms with Gasteiger partial charge in [0, 0.05) is 4.91 Å². The summed E-state index contributed by atoms with van der Waals surface area (Å²) in [5.74, 6) is -0.953. The molecule has 0 radical (unpaired) electrons. The van der Waals surface area contributed by atoms with Crippen molar-refractivity contribution in [2.75, 3.05) is 0 Å². The molecule has 0 amide bonds. The van der Waals surface area contributed by atoms with Gasteiger partial charge in [0.15, 0.2) is 0 Å². The SMILES string of the molecule is [N-]=[N+]=N[C@@H](CC(=O)O)Cc1ccc2ccscc1-2. The van der Waals surface area contributed by atoms with Crippen LogP contribution in [0.3, 0.4) is 0 Å². The van der Waals surface area contributed by atoms with Crippen molar-refractivity contribution in [1.82, 2.24) is 0 Å². The van der Waals surface area contributed by atoms with E-state index in [1.54, 1.807) is 11.3 Å². The van der Waals surface area contributed by atoms with Crippen LogP contribution in [0.25, 0.3) is 21.6 Å². The van der Waals surface area contributed by atoms with Crippen LogP contribution in [0.5, 0.6) is 0 Å². The van der Waals surface area contributed by atoms with E-state index in [1.165, 1.54) is 0 Å². The van der Waals surface area contributed by atoms with E-state index in [2.05, 4.69) is 10.0 Å². The van der Waals surface area contributed by atoms with E-state index in [0.29, 0.717) is 6.42 Å². The van der Waals surface area contributed by atoms with Gasteiger partial charge in [0.05, 0.1) is 12.5 Å². The minimum Gasteiger partial charge on any atom is -0.481 e. The summed E-state index contributed by atoms with van der Waals surface area (Å²) >= 11 is 1.59. The number of fused-ring (bicyclic) bond motifs is 1. The molecule has 6 heteroatoms. The number of hydrogen-bond donors (Lipinski definition) is 1. The maximum Gasteiger partial charge on any atom is 0.303 e. The Morgan fingerprint density at radius 2 is 2.33 bits per heavy atom. The topological polar surface area (TPSA) is 86.1 Å². The van der Waals surface area contributed by atoms with Gasteiger partial charge in [-0.1, -0.05) is 17.2 Å². The summed E-state index contributed by atoms with van der Waals surface area (Å²) in [5, 5.41) is 16.3. The van der Waals surface area contributed by atoms with Gasteiger partial charge in [0.25, 0.3) is 0 Å². The average Bonchev–Trinajstić information content (AvgIpc) is 2.72. The second-order valence-corrected chi connectivity index (χ2v) is 4.73. The summed E-state index contributed by atoms with van der Waals surface area (Å²) in [6, 6.07) is 5.43. The smallest absolute Gasteiger partial charge is 0.303 e. The van der Waals surface area contributed by atoms with Gasteiger partial charge < -0.3 is 5.11 Å². The van der Waals surface area contributed by atoms with E-state index in [0.717, 1.165) is 16.7 Å². The highest BCUT2D eigenvalue weighted by Crippen LogP contribution is 2.30. The molecule has 0 aromatic carbocycles. The molecule has 92 valence electrons. The molecule has 0 fully saturated rings. The molecular weight excluding hydrogens is 250 g/mol. The highest BCUT2D eigenvalue weighted by atomic mass is 32.1. The van der Waals surface area contributed by atoms with Gasteiger partial charge in [-0.2, -0.15) is 11.3 Å². The Morgan fingerprint density at radius 1 is 1.50 bits per heavy atom. The van der Waals surface area contributed by atoms with Crippen molar-refractivity contribution >= 4 is 17.3 Å². The molecule has 0 saturated heterocycles. The zero-order valence-corrected chi connectivity index (χ0v) is 10.3. The van der Waals surface area contributed by atoms with E-state index >= 15 is 0 Å². The number of carbonyl (C=O) groups is 1. The lowest BCUT2D eigenvalue weighted by Crippen LogP contribution is -2.13.